The average molecular weight is 232 g/mol. The third kappa shape index (κ3) is 2.44. The van der Waals surface area contributed by atoms with Gasteiger partial charge in [-0.25, -0.2) is 4.98 Å². The van der Waals surface area contributed by atoms with Crippen molar-refractivity contribution < 1.29 is 5.11 Å². The zero-order valence-electron chi connectivity index (χ0n) is 10.2. The lowest BCUT2D eigenvalue weighted by molar-refractivity contribution is 0.178. The molecule has 2 aliphatic rings. The quantitative estimate of drug-likeness (QED) is 0.839. The van der Waals surface area contributed by atoms with Gasteiger partial charge in [0.25, 0.3) is 0 Å². The molecule has 92 valence electrons. The Kier molecular flexibility index (Phi) is 3.02. The molecule has 1 heterocycles. The largest absolute Gasteiger partial charge is 0.393 e. The molecule has 1 fully saturated rings. The molecule has 2 atom stereocenters. The van der Waals surface area contributed by atoms with Crippen molar-refractivity contribution in [1.29, 1.82) is 0 Å². The van der Waals surface area contributed by atoms with E-state index in [1.807, 2.05) is 0 Å². The molecule has 2 N–H and O–H groups in total. The van der Waals surface area contributed by atoms with Gasteiger partial charge in [0.05, 0.1) is 6.10 Å². The number of anilines is 1. The summed E-state index contributed by atoms with van der Waals surface area (Å²) in [5.41, 5.74) is 2.70. The molecule has 17 heavy (non-hydrogen) atoms. The first-order valence-corrected chi connectivity index (χ1v) is 6.72. The van der Waals surface area contributed by atoms with Crippen molar-refractivity contribution in [3.8, 4) is 0 Å². The molecule has 1 saturated carbocycles. The Morgan fingerprint density at radius 2 is 2.24 bits per heavy atom. The van der Waals surface area contributed by atoms with Gasteiger partial charge < -0.3 is 10.4 Å². The van der Waals surface area contributed by atoms with Crippen molar-refractivity contribution in [2.75, 3.05) is 11.9 Å². The van der Waals surface area contributed by atoms with E-state index in [4.69, 9.17) is 0 Å². The minimum absolute atomic E-state index is 0.0743. The Bertz CT molecular complexity index is 405. The normalized spacial score (nSPS) is 27.1. The van der Waals surface area contributed by atoms with Crippen LogP contribution in [0.25, 0.3) is 0 Å². The Morgan fingerprint density at radius 3 is 3.06 bits per heavy atom. The summed E-state index contributed by atoms with van der Waals surface area (Å²) in [7, 11) is 0. The predicted molar refractivity (Wildman–Crippen MR) is 68.1 cm³/mol. The van der Waals surface area contributed by atoms with Gasteiger partial charge in [0, 0.05) is 12.2 Å². The third-order valence-corrected chi connectivity index (χ3v) is 4.01. The molecular weight excluding hydrogens is 212 g/mol. The fourth-order valence-corrected chi connectivity index (χ4v) is 3.00. The summed E-state index contributed by atoms with van der Waals surface area (Å²) in [5.74, 6) is 1.62. The van der Waals surface area contributed by atoms with Crippen molar-refractivity contribution in [1.82, 2.24) is 4.98 Å². The Morgan fingerprint density at radius 1 is 1.29 bits per heavy atom. The lowest BCUT2D eigenvalue weighted by atomic mass is 10.1. The molecule has 0 radical (unpaired) electrons. The summed E-state index contributed by atoms with van der Waals surface area (Å²) < 4.78 is 0. The number of aromatic nitrogens is 1. The van der Waals surface area contributed by atoms with E-state index in [0.717, 1.165) is 38.0 Å². The van der Waals surface area contributed by atoms with E-state index in [0.29, 0.717) is 5.92 Å². The topological polar surface area (TPSA) is 45.1 Å². The molecule has 2 aliphatic carbocycles. The molecular formula is C14H20N2O. The molecule has 0 amide bonds. The van der Waals surface area contributed by atoms with Crippen molar-refractivity contribution in [2.24, 2.45) is 5.92 Å². The fourth-order valence-electron chi connectivity index (χ4n) is 3.00. The summed E-state index contributed by atoms with van der Waals surface area (Å²) in [4.78, 5) is 4.66. The van der Waals surface area contributed by atoms with Crippen LogP contribution in [0.5, 0.6) is 0 Å². The van der Waals surface area contributed by atoms with Gasteiger partial charge in [0.15, 0.2) is 0 Å². The van der Waals surface area contributed by atoms with Crippen LogP contribution in [-0.4, -0.2) is 22.7 Å². The number of nitrogens with one attached hydrogen (secondary N) is 1. The lowest BCUT2D eigenvalue weighted by Crippen LogP contribution is -2.13. The number of aliphatic hydroxyl groups excluding tert-OH is 1. The lowest BCUT2D eigenvalue weighted by Gasteiger charge is -2.12. The first-order valence-electron chi connectivity index (χ1n) is 6.72. The molecule has 0 saturated heterocycles. The summed E-state index contributed by atoms with van der Waals surface area (Å²) in [5, 5.41) is 12.9. The molecule has 0 aliphatic heterocycles. The number of pyridine rings is 1. The molecule has 0 bridgehead atoms. The smallest absolute Gasteiger partial charge is 0.126 e. The number of fused-ring (bicyclic) bond motifs is 1. The van der Waals surface area contributed by atoms with Gasteiger partial charge in [-0.3, -0.25) is 0 Å². The van der Waals surface area contributed by atoms with Crippen LogP contribution in [0.15, 0.2) is 12.1 Å². The molecule has 3 nitrogen and oxygen atoms in total. The van der Waals surface area contributed by atoms with E-state index >= 15 is 0 Å². The molecule has 2 unspecified atom stereocenters. The van der Waals surface area contributed by atoms with Crippen molar-refractivity contribution >= 4 is 5.82 Å². The molecule has 0 aromatic carbocycles. The van der Waals surface area contributed by atoms with Crippen LogP contribution in [0.4, 0.5) is 5.82 Å². The second-order valence-electron chi connectivity index (χ2n) is 5.37. The van der Waals surface area contributed by atoms with Gasteiger partial charge in [-0.15, -0.1) is 0 Å². The predicted octanol–water partition coefficient (Wildman–Crippen LogP) is 2.14. The van der Waals surface area contributed by atoms with Crippen LogP contribution in [0, 0.1) is 5.92 Å². The average Bonchev–Trinajstić information content (AvgIpc) is 2.94. The minimum Gasteiger partial charge on any atom is -0.393 e. The Balaban J connectivity index is 1.58. The summed E-state index contributed by atoms with van der Waals surface area (Å²) in [6.07, 6.45) is 6.54. The molecule has 1 aromatic heterocycles. The van der Waals surface area contributed by atoms with Crippen LogP contribution in [0.1, 0.15) is 36.9 Å². The maximum Gasteiger partial charge on any atom is 0.126 e. The number of hydrogen-bond donors (Lipinski definition) is 2. The zero-order chi connectivity index (χ0) is 11.7. The van der Waals surface area contributed by atoms with Crippen LogP contribution in [-0.2, 0) is 12.8 Å². The van der Waals surface area contributed by atoms with E-state index < -0.39 is 0 Å². The van der Waals surface area contributed by atoms with Gasteiger partial charge in [0.2, 0.25) is 0 Å². The minimum atomic E-state index is -0.0743. The van der Waals surface area contributed by atoms with Crippen LogP contribution < -0.4 is 5.32 Å². The Labute approximate surface area is 102 Å². The van der Waals surface area contributed by atoms with E-state index in [1.165, 1.54) is 24.1 Å². The highest BCUT2D eigenvalue weighted by molar-refractivity contribution is 5.40. The molecule has 1 aromatic rings. The first kappa shape index (κ1) is 11.0. The second kappa shape index (κ2) is 4.65. The number of aliphatic hydroxyl groups is 1. The van der Waals surface area contributed by atoms with Gasteiger partial charge >= 0.3 is 0 Å². The van der Waals surface area contributed by atoms with E-state index in [-0.39, 0.29) is 6.10 Å². The Hall–Kier alpha value is -1.09. The van der Waals surface area contributed by atoms with Crippen LogP contribution in [0.2, 0.25) is 0 Å². The monoisotopic (exact) mass is 232 g/mol. The molecule has 3 heteroatoms. The molecule has 0 spiro atoms. The second-order valence-corrected chi connectivity index (χ2v) is 5.37. The number of nitrogens with zero attached hydrogens (tertiary/aromatic N) is 1. The number of aryl methyl sites for hydroxylation is 2. The van der Waals surface area contributed by atoms with Gasteiger partial charge in [-0.1, -0.05) is 6.07 Å². The highest BCUT2D eigenvalue weighted by atomic mass is 16.3. The maximum atomic E-state index is 9.48. The number of hydrogen-bond acceptors (Lipinski definition) is 3. The van der Waals surface area contributed by atoms with Crippen molar-refractivity contribution in [3.05, 3.63) is 23.4 Å². The standard InChI is InChI=1S/C14H20N2O/c17-12-6-4-10(8-12)9-15-14-7-5-11-2-1-3-13(11)16-14/h5,7,10,12,17H,1-4,6,8-9H2,(H,15,16). The highest BCUT2D eigenvalue weighted by Gasteiger charge is 2.22. The van der Waals surface area contributed by atoms with Crippen molar-refractivity contribution in [2.45, 2.75) is 44.6 Å². The highest BCUT2D eigenvalue weighted by Crippen LogP contribution is 2.26. The summed E-state index contributed by atoms with van der Waals surface area (Å²) >= 11 is 0. The maximum absolute atomic E-state index is 9.48. The number of rotatable bonds is 3. The third-order valence-electron chi connectivity index (χ3n) is 4.01. The van der Waals surface area contributed by atoms with Gasteiger partial charge in [0.1, 0.15) is 5.82 Å². The summed E-state index contributed by atoms with van der Waals surface area (Å²) in [6.45, 7) is 0.947. The van der Waals surface area contributed by atoms with Gasteiger partial charge in [-0.05, 0) is 56.1 Å². The molecule has 3 rings (SSSR count). The SMILES string of the molecule is OC1CCC(CNc2ccc3c(n2)CCC3)C1. The first-order chi connectivity index (χ1) is 8.31. The van der Waals surface area contributed by atoms with Crippen molar-refractivity contribution in [3.63, 3.8) is 0 Å². The van der Waals surface area contributed by atoms with Gasteiger partial charge in [-0.2, -0.15) is 0 Å². The van der Waals surface area contributed by atoms with E-state index in [9.17, 15) is 5.11 Å². The zero-order valence-corrected chi connectivity index (χ0v) is 10.2. The van der Waals surface area contributed by atoms with E-state index in [1.54, 1.807) is 0 Å². The summed E-state index contributed by atoms with van der Waals surface area (Å²) in [6, 6.07) is 4.30. The van der Waals surface area contributed by atoms with Crippen LogP contribution in [0.3, 0.4) is 0 Å². The van der Waals surface area contributed by atoms with Crippen LogP contribution >= 0.6 is 0 Å². The fraction of sp³-hybridized carbons (Fsp3) is 0.643. The van der Waals surface area contributed by atoms with E-state index in [2.05, 4.69) is 22.4 Å².